The second kappa shape index (κ2) is 15.9. The van der Waals surface area contributed by atoms with Crippen molar-refractivity contribution in [1.82, 2.24) is 4.57 Å². The summed E-state index contributed by atoms with van der Waals surface area (Å²) in [6.45, 7) is 0. The monoisotopic (exact) mass is 846 g/mol. The van der Waals surface area contributed by atoms with Crippen molar-refractivity contribution in [3.05, 3.63) is 243 Å². The lowest BCUT2D eigenvalue weighted by atomic mass is 9.59. The van der Waals surface area contributed by atoms with E-state index in [1.807, 2.05) is 24.3 Å². The van der Waals surface area contributed by atoms with Gasteiger partial charge in [0.1, 0.15) is 17.2 Å². The second-order valence-corrected chi connectivity index (χ2v) is 20.6. The Kier molecular flexibility index (Phi) is 9.43. The molecule has 0 amide bonds. The van der Waals surface area contributed by atoms with E-state index in [1.54, 1.807) is 0 Å². The number of aromatic nitrogens is 1. The molecule has 11 aromatic rings. The zero-order chi connectivity index (χ0) is 43.3. The van der Waals surface area contributed by atoms with E-state index in [2.05, 4.69) is 230 Å². The first-order chi connectivity index (χ1) is 32.1. The summed E-state index contributed by atoms with van der Waals surface area (Å²) >= 11 is 0. The fourth-order valence-electron chi connectivity index (χ4n) is 10.2. The highest BCUT2D eigenvalue weighted by Crippen LogP contribution is 2.37. The van der Waals surface area contributed by atoms with Crippen molar-refractivity contribution in [2.75, 3.05) is 0 Å². The SMILES string of the molecule is Oc1cc(-c2cccc([Si](c3ccccc3)(c3ccccc3)c3ccccc3)c2)ccc1-c1cccc2c1[B]c1ccc(-c3cccc(-n4c5ccccc5c5ccccc54)c3)cc1O2. The Morgan fingerprint density at radius 1 is 0.385 bits per heavy atom. The number of benzene rings is 10. The van der Waals surface area contributed by atoms with Gasteiger partial charge in [-0.2, -0.15) is 0 Å². The number of phenols is 1. The number of aromatic hydroxyl groups is 1. The molecule has 10 aromatic carbocycles. The van der Waals surface area contributed by atoms with Gasteiger partial charge in [-0.3, -0.25) is 0 Å². The molecule has 65 heavy (non-hydrogen) atoms. The molecule has 0 bridgehead atoms. The lowest BCUT2D eigenvalue weighted by Crippen LogP contribution is -2.74. The summed E-state index contributed by atoms with van der Waals surface area (Å²) in [4.78, 5) is 0. The maximum Gasteiger partial charge on any atom is 0.202 e. The van der Waals surface area contributed by atoms with Crippen LogP contribution in [0.3, 0.4) is 0 Å². The van der Waals surface area contributed by atoms with Crippen LogP contribution in [0.25, 0.3) is 60.9 Å². The largest absolute Gasteiger partial charge is 0.507 e. The molecule has 1 radical (unpaired) electrons. The predicted octanol–water partition coefficient (Wildman–Crippen LogP) is 10.6. The first kappa shape index (κ1) is 38.5. The van der Waals surface area contributed by atoms with Crippen LogP contribution in [0.15, 0.2) is 243 Å². The Hall–Kier alpha value is -8.12. The van der Waals surface area contributed by atoms with Crippen molar-refractivity contribution < 1.29 is 9.84 Å². The van der Waals surface area contributed by atoms with Gasteiger partial charge in [-0.05, 0) is 102 Å². The van der Waals surface area contributed by atoms with Crippen LogP contribution in [0.5, 0.6) is 17.2 Å². The Morgan fingerprint density at radius 2 is 0.908 bits per heavy atom. The van der Waals surface area contributed by atoms with E-state index in [-0.39, 0.29) is 5.75 Å². The molecule has 5 heteroatoms. The molecule has 3 nitrogen and oxygen atoms in total. The fourth-order valence-corrected chi connectivity index (χ4v) is 15.0. The number of hydrogen-bond donors (Lipinski definition) is 1. The van der Waals surface area contributed by atoms with E-state index in [0.29, 0.717) is 0 Å². The number of phenolic OH excluding ortho intramolecular Hbond substituents is 1. The van der Waals surface area contributed by atoms with Gasteiger partial charge in [0.05, 0.1) is 11.0 Å². The van der Waals surface area contributed by atoms with Crippen molar-refractivity contribution >= 4 is 68.8 Å². The number of nitrogens with zero attached hydrogens (tertiary/aromatic N) is 1. The molecule has 0 saturated heterocycles. The van der Waals surface area contributed by atoms with Gasteiger partial charge in [-0.25, -0.2) is 0 Å². The number of ether oxygens (including phenoxy) is 1. The van der Waals surface area contributed by atoms with Crippen LogP contribution in [0, 0.1) is 0 Å². The van der Waals surface area contributed by atoms with E-state index in [0.717, 1.165) is 61.5 Å². The summed E-state index contributed by atoms with van der Waals surface area (Å²) in [6.07, 6.45) is 0. The smallest absolute Gasteiger partial charge is 0.202 e. The van der Waals surface area contributed by atoms with Crippen molar-refractivity contribution in [2.45, 2.75) is 0 Å². The zero-order valence-electron chi connectivity index (χ0n) is 35.5. The number of hydrogen-bond acceptors (Lipinski definition) is 2. The van der Waals surface area contributed by atoms with Crippen LogP contribution >= 0.6 is 0 Å². The molecule has 305 valence electrons. The van der Waals surface area contributed by atoms with E-state index in [4.69, 9.17) is 4.74 Å². The highest BCUT2D eigenvalue weighted by atomic mass is 28.3. The highest BCUT2D eigenvalue weighted by molar-refractivity contribution is 7.19. The minimum atomic E-state index is -2.72. The van der Waals surface area contributed by atoms with E-state index in [9.17, 15) is 5.11 Å². The molecule has 0 spiro atoms. The van der Waals surface area contributed by atoms with Gasteiger partial charge in [-0.15, -0.1) is 0 Å². The molecule has 2 heterocycles. The van der Waals surface area contributed by atoms with Crippen LogP contribution < -0.4 is 36.4 Å². The summed E-state index contributed by atoms with van der Waals surface area (Å²) in [6, 6.07) is 86.4. The van der Waals surface area contributed by atoms with Crippen molar-refractivity contribution in [1.29, 1.82) is 0 Å². The quantitative estimate of drug-likeness (QED) is 0.122. The average Bonchev–Trinajstić information content (AvgIpc) is 3.71. The van der Waals surface area contributed by atoms with E-state index < -0.39 is 8.07 Å². The molecule has 0 aliphatic carbocycles. The standard InChI is InChI=1S/C60H41BNO2Si/c63-57-39-43(42-18-15-26-49(38-42)65(46-20-4-1-5-21-46,47-22-6-2-7-23-47)48-24-8-3-9-25-48)33-35-52(57)53-29-16-32-58-60(53)61-54-36-34-44(40-59(54)64-58)41-17-14-19-45(37-41)62-55-30-12-10-27-50(55)51-28-11-13-31-56(51)62/h1-40,63H. The molecule has 0 unspecified atom stereocenters. The summed E-state index contributed by atoms with van der Waals surface area (Å²) in [5, 5.41) is 19.6. The highest BCUT2D eigenvalue weighted by Gasteiger charge is 2.41. The minimum absolute atomic E-state index is 0.219. The third kappa shape index (κ3) is 6.51. The lowest BCUT2D eigenvalue weighted by Gasteiger charge is -2.34. The minimum Gasteiger partial charge on any atom is -0.507 e. The summed E-state index contributed by atoms with van der Waals surface area (Å²) in [7, 11) is -0.544. The van der Waals surface area contributed by atoms with Crippen molar-refractivity contribution in [3.8, 4) is 56.3 Å². The van der Waals surface area contributed by atoms with Crippen LogP contribution in [-0.2, 0) is 0 Å². The third-order valence-corrected chi connectivity index (χ3v) is 17.9. The molecule has 0 atom stereocenters. The normalized spacial score (nSPS) is 12.0. The van der Waals surface area contributed by atoms with Crippen LogP contribution in [0.1, 0.15) is 0 Å². The third-order valence-electron chi connectivity index (χ3n) is 13.2. The van der Waals surface area contributed by atoms with Gasteiger partial charge >= 0.3 is 0 Å². The molecule has 1 aromatic heterocycles. The molecule has 1 N–H and O–H groups in total. The Bertz CT molecular complexity index is 3420. The summed E-state index contributed by atoms with van der Waals surface area (Å²) in [5.74, 6) is 1.78. The second-order valence-electron chi connectivity index (χ2n) is 16.8. The van der Waals surface area contributed by atoms with Gasteiger partial charge in [0.25, 0.3) is 0 Å². The van der Waals surface area contributed by atoms with Crippen LogP contribution in [0.4, 0.5) is 0 Å². The van der Waals surface area contributed by atoms with Gasteiger partial charge in [0.2, 0.25) is 7.28 Å². The molecule has 1 aliphatic rings. The zero-order valence-corrected chi connectivity index (χ0v) is 36.5. The first-order valence-electron chi connectivity index (χ1n) is 22.1. The predicted molar refractivity (Wildman–Crippen MR) is 274 cm³/mol. The lowest BCUT2D eigenvalue weighted by molar-refractivity contribution is 0.477. The molecule has 1 aliphatic heterocycles. The van der Waals surface area contributed by atoms with Crippen molar-refractivity contribution in [2.24, 2.45) is 0 Å². The van der Waals surface area contributed by atoms with E-state index in [1.165, 1.54) is 42.6 Å². The molecular weight excluding hydrogens is 806 g/mol. The molecule has 0 fully saturated rings. The Balaban J connectivity index is 0.870. The van der Waals surface area contributed by atoms with E-state index >= 15 is 0 Å². The summed E-state index contributed by atoms with van der Waals surface area (Å²) < 4.78 is 9.04. The van der Waals surface area contributed by atoms with Gasteiger partial charge < -0.3 is 14.4 Å². The van der Waals surface area contributed by atoms with Gasteiger partial charge in [0.15, 0.2) is 8.07 Å². The Labute approximate surface area is 380 Å². The molecule has 0 saturated carbocycles. The number of fused-ring (bicyclic) bond motifs is 5. The van der Waals surface area contributed by atoms with Gasteiger partial charge in [-0.1, -0.05) is 200 Å². The molecular formula is C60H41BNO2Si. The maximum absolute atomic E-state index is 11.9. The van der Waals surface area contributed by atoms with Crippen molar-refractivity contribution in [3.63, 3.8) is 0 Å². The number of rotatable bonds is 8. The maximum atomic E-state index is 11.9. The Morgan fingerprint density at radius 3 is 1.55 bits per heavy atom. The summed E-state index contributed by atoms with van der Waals surface area (Å²) in [5.41, 5.74) is 11.3. The van der Waals surface area contributed by atoms with Crippen LogP contribution in [-0.4, -0.2) is 25.0 Å². The van der Waals surface area contributed by atoms with Crippen LogP contribution in [0.2, 0.25) is 0 Å². The first-order valence-corrected chi connectivity index (χ1v) is 24.1. The topological polar surface area (TPSA) is 34.4 Å². The average molecular weight is 847 g/mol. The fraction of sp³-hybridized carbons (Fsp3) is 0. The number of para-hydroxylation sites is 2. The molecule has 12 rings (SSSR count). The van der Waals surface area contributed by atoms with Gasteiger partial charge in [0, 0.05) is 22.0 Å².